The van der Waals surface area contributed by atoms with Crippen LogP contribution in [0.3, 0.4) is 0 Å². The van der Waals surface area contributed by atoms with E-state index in [4.69, 9.17) is 21.1 Å². The fourth-order valence-electron chi connectivity index (χ4n) is 5.71. The van der Waals surface area contributed by atoms with Crippen molar-refractivity contribution in [2.24, 2.45) is 0 Å². The van der Waals surface area contributed by atoms with Crippen molar-refractivity contribution in [1.82, 2.24) is 15.1 Å². The molecule has 0 bridgehead atoms. The molecule has 2 aromatic carbocycles. The molecule has 1 aliphatic carbocycles. The van der Waals surface area contributed by atoms with Gasteiger partial charge in [-0.1, -0.05) is 36.2 Å². The van der Waals surface area contributed by atoms with E-state index in [1.165, 1.54) is 0 Å². The van der Waals surface area contributed by atoms with Gasteiger partial charge in [0.05, 0.1) is 13.2 Å². The molecule has 2 amide bonds. The number of nitrogens with zero attached hydrogens (tertiary/aromatic N) is 3. The SMILES string of the molecule is COc1cccc(/C=C2\OC3CCCCC3N(CC(=O)NCCN3CCN(c4cccc(Cl)c4)CC3)C2=O)c1. The van der Waals surface area contributed by atoms with Gasteiger partial charge in [-0.05, 0) is 61.2 Å². The quantitative estimate of drug-likeness (QED) is 0.502. The summed E-state index contributed by atoms with van der Waals surface area (Å²) >= 11 is 6.15. The highest BCUT2D eigenvalue weighted by atomic mass is 35.5. The Morgan fingerprint density at radius 3 is 2.69 bits per heavy atom. The summed E-state index contributed by atoms with van der Waals surface area (Å²) in [6, 6.07) is 15.4. The number of hydrogen-bond donors (Lipinski definition) is 1. The Hall–Kier alpha value is -3.23. The number of rotatable bonds is 8. The number of methoxy groups -OCH3 is 1. The molecule has 2 heterocycles. The fraction of sp³-hybridized carbons (Fsp3) is 0.467. The van der Waals surface area contributed by atoms with Gasteiger partial charge in [-0.2, -0.15) is 0 Å². The van der Waals surface area contributed by atoms with Crippen LogP contribution in [0.25, 0.3) is 6.08 Å². The van der Waals surface area contributed by atoms with Crippen molar-refractivity contribution in [1.29, 1.82) is 0 Å². The fourth-order valence-corrected chi connectivity index (χ4v) is 5.90. The molecular formula is C30H37ClN4O4. The first kappa shape index (κ1) is 27.3. The molecule has 1 N–H and O–H groups in total. The largest absolute Gasteiger partial charge is 0.497 e. The maximum atomic E-state index is 13.5. The smallest absolute Gasteiger partial charge is 0.289 e. The molecule has 2 unspecified atom stereocenters. The summed E-state index contributed by atoms with van der Waals surface area (Å²) < 4.78 is 11.5. The van der Waals surface area contributed by atoms with Gasteiger partial charge in [-0.3, -0.25) is 14.5 Å². The first-order valence-electron chi connectivity index (χ1n) is 13.8. The van der Waals surface area contributed by atoms with E-state index < -0.39 is 0 Å². The van der Waals surface area contributed by atoms with E-state index in [1.54, 1.807) is 18.1 Å². The van der Waals surface area contributed by atoms with Gasteiger partial charge in [0.2, 0.25) is 5.91 Å². The lowest BCUT2D eigenvalue weighted by atomic mass is 9.89. The number of morpholine rings is 1. The molecule has 9 heteroatoms. The van der Waals surface area contributed by atoms with E-state index in [0.29, 0.717) is 12.3 Å². The second-order valence-corrected chi connectivity index (χ2v) is 10.8. The zero-order valence-electron chi connectivity index (χ0n) is 22.5. The molecule has 8 nitrogen and oxygen atoms in total. The molecule has 3 aliphatic rings. The van der Waals surface area contributed by atoms with Crippen LogP contribution in [-0.2, 0) is 14.3 Å². The minimum absolute atomic E-state index is 0.0430. The molecule has 2 aliphatic heterocycles. The summed E-state index contributed by atoms with van der Waals surface area (Å²) in [5, 5.41) is 3.79. The number of benzene rings is 2. The van der Waals surface area contributed by atoms with E-state index >= 15 is 0 Å². The van der Waals surface area contributed by atoms with Crippen molar-refractivity contribution in [2.45, 2.75) is 37.8 Å². The number of fused-ring (bicyclic) bond motifs is 1. The van der Waals surface area contributed by atoms with Crippen LogP contribution in [0.15, 0.2) is 54.3 Å². The molecule has 1 saturated carbocycles. The number of nitrogens with one attached hydrogen (secondary N) is 1. The number of ether oxygens (including phenoxy) is 2. The normalized spacial score (nSPS) is 22.8. The minimum atomic E-state index is -0.228. The van der Waals surface area contributed by atoms with Crippen LogP contribution in [-0.4, -0.2) is 86.7 Å². The lowest BCUT2D eigenvalue weighted by Gasteiger charge is -2.44. The highest BCUT2D eigenvalue weighted by Crippen LogP contribution is 2.33. The molecule has 5 rings (SSSR count). The van der Waals surface area contributed by atoms with Gasteiger partial charge in [0.1, 0.15) is 18.4 Å². The van der Waals surface area contributed by atoms with Crippen molar-refractivity contribution in [3.8, 4) is 5.75 Å². The predicted octanol–water partition coefficient (Wildman–Crippen LogP) is 3.80. The van der Waals surface area contributed by atoms with E-state index in [1.807, 2.05) is 42.5 Å². The van der Waals surface area contributed by atoms with Crippen molar-refractivity contribution < 1.29 is 19.1 Å². The van der Waals surface area contributed by atoms with Crippen LogP contribution in [0.4, 0.5) is 5.69 Å². The maximum Gasteiger partial charge on any atom is 0.289 e. The monoisotopic (exact) mass is 552 g/mol. The van der Waals surface area contributed by atoms with Gasteiger partial charge >= 0.3 is 0 Å². The Labute approximate surface area is 235 Å². The number of amides is 2. The van der Waals surface area contributed by atoms with Gasteiger partial charge in [0.15, 0.2) is 5.76 Å². The molecule has 0 aromatic heterocycles. The third kappa shape index (κ3) is 6.86. The van der Waals surface area contributed by atoms with E-state index in [0.717, 1.165) is 74.7 Å². The summed E-state index contributed by atoms with van der Waals surface area (Å²) in [6.07, 6.45) is 5.50. The summed E-state index contributed by atoms with van der Waals surface area (Å²) in [5.74, 6) is 0.642. The third-order valence-electron chi connectivity index (χ3n) is 7.82. The summed E-state index contributed by atoms with van der Waals surface area (Å²) in [5.41, 5.74) is 1.97. The van der Waals surface area contributed by atoms with Gasteiger partial charge in [0, 0.05) is 50.0 Å². The van der Waals surface area contributed by atoms with Crippen LogP contribution in [0.1, 0.15) is 31.2 Å². The van der Waals surface area contributed by atoms with E-state index in [-0.39, 0.29) is 36.3 Å². The van der Waals surface area contributed by atoms with Crippen molar-refractivity contribution in [2.75, 3.05) is 57.8 Å². The molecular weight excluding hydrogens is 516 g/mol. The van der Waals surface area contributed by atoms with E-state index in [9.17, 15) is 9.59 Å². The number of carbonyl (C=O) groups excluding carboxylic acids is 2. The lowest BCUT2D eigenvalue weighted by Crippen LogP contribution is -2.57. The average molecular weight is 553 g/mol. The molecule has 3 fully saturated rings. The third-order valence-corrected chi connectivity index (χ3v) is 8.05. The second-order valence-electron chi connectivity index (χ2n) is 10.4. The molecule has 0 radical (unpaired) electrons. The van der Waals surface area contributed by atoms with Gasteiger partial charge < -0.3 is 24.6 Å². The van der Waals surface area contributed by atoms with Crippen LogP contribution < -0.4 is 15.0 Å². The Kier molecular flexibility index (Phi) is 8.94. The van der Waals surface area contributed by atoms with Gasteiger partial charge in [0.25, 0.3) is 5.91 Å². The Morgan fingerprint density at radius 1 is 1.10 bits per heavy atom. The summed E-state index contributed by atoms with van der Waals surface area (Å²) in [6.45, 7) is 5.05. The maximum absolute atomic E-state index is 13.5. The highest BCUT2D eigenvalue weighted by Gasteiger charge is 2.42. The Bertz CT molecular complexity index is 1200. The number of anilines is 1. The van der Waals surface area contributed by atoms with Crippen molar-refractivity contribution in [3.05, 3.63) is 64.9 Å². The van der Waals surface area contributed by atoms with Crippen LogP contribution >= 0.6 is 11.6 Å². The molecule has 0 spiro atoms. The number of hydrogen-bond acceptors (Lipinski definition) is 6. The zero-order valence-corrected chi connectivity index (χ0v) is 23.2. The first-order chi connectivity index (χ1) is 19.0. The van der Waals surface area contributed by atoms with Crippen molar-refractivity contribution >= 4 is 35.2 Å². The van der Waals surface area contributed by atoms with Crippen LogP contribution in [0.2, 0.25) is 5.02 Å². The number of halogens is 1. The van der Waals surface area contributed by atoms with Crippen LogP contribution in [0, 0.1) is 0 Å². The zero-order chi connectivity index (χ0) is 27.2. The number of carbonyl (C=O) groups is 2. The molecule has 2 aromatic rings. The van der Waals surface area contributed by atoms with Gasteiger partial charge in [-0.25, -0.2) is 0 Å². The van der Waals surface area contributed by atoms with Gasteiger partial charge in [-0.15, -0.1) is 0 Å². The van der Waals surface area contributed by atoms with Crippen LogP contribution in [0.5, 0.6) is 5.75 Å². The Balaban J connectivity index is 1.14. The Morgan fingerprint density at radius 2 is 1.90 bits per heavy atom. The predicted molar refractivity (Wildman–Crippen MR) is 153 cm³/mol. The topological polar surface area (TPSA) is 74.4 Å². The molecule has 208 valence electrons. The van der Waals surface area contributed by atoms with Crippen molar-refractivity contribution in [3.63, 3.8) is 0 Å². The highest BCUT2D eigenvalue weighted by molar-refractivity contribution is 6.30. The summed E-state index contributed by atoms with van der Waals surface area (Å²) in [4.78, 5) is 32.8. The molecule has 39 heavy (non-hydrogen) atoms. The molecule has 2 atom stereocenters. The average Bonchev–Trinajstić information content (AvgIpc) is 2.96. The minimum Gasteiger partial charge on any atom is -0.497 e. The summed E-state index contributed by atoms with van der Waals surface area (Å²) in [7, 11) is 1.61. The first-order valence-corrected chi connectivity index (χ1v) is 14.2. The molecule has 2 saturated heterocycles. The standard InChI is InChI=1S/C30H37ClN4O4/c1-38-25-9-4-6-22(18-25)19-28-30(37)35(26-10-2-3-11-27(26)39-28)21-29(36)32-12-13-33-14-16-34(17-15-33)24-8-5-7-23(31)20-24/h4-9,18-20,26-27H,2-3,10-17,21H2,1H3,(H,32,36)/b28-19-. The lowest BCUT2D eigenvalue weighted by molar-refractivity contribution is -0.151. The van der Waals surface area contributed by atoms with E-state index in [2.05, 4.69) is 21.2 Å². The number of piperazine rings is 1. The second kappa shape index (κ2) is 12.7.